The number of carbonyl (C=O) groups is 2. The second-order valence-corrected chi connectivity index (χ2v) is 4.36. The Morgan fingerprint density at radius 2 is 2.21 bits per heavy atom. The molecule has 0 aliphatic carbocycles. The number of ether oxygens (including phenoxy) is 1. The molecular weight excluding hydrogens is 270 g/mol. The van der Waals surface area contributed by atoms with E-state index in [-0.39, 0.29) is 18.9 Å². The third-order valence-corrected chi connectivity index (χ3v) is 2.67. The Morgan fingerprint density at radius 1 is 1.47 bits per heavy atom. The van der Waals surface area contributed by atoms with Gasteiger partial charge < -0.3 is 15.2 Å². The van der Waals surface area contributed by atoms with Crippen LogP contribution < -0.4 is 10.1 Å². The van der Waals surface area contributed by atoms with E-state index in [4.69, 9.17) is 21.4 Å². The number of amides is 1. The Kier molecular flexibility index (Phi) is 6.15. The van der Waals surface area contributed by atoms with Gasteiger partial charge in [0.1, 0.15) is 11.8 Å². The van der Waals surface area contributed by atoms with E-state index in [1.54, 1.807) is 31.2 Å². The van der Waals surface area contributed by atoms with Gasteiger partial charge >= 0.3 is 5.97 Å². The van der Waals surface area contributed by atoms with Crippen molar-refractivity contribution >= 4 is 23.5 Å². The maximum atomic E-state index is 11.5. The van der Waals surface area contributed by atoms with Gasteiger partial charge in [-0.3, -0.25) is 4.79 Å². The minimum absolute atomic E-state index is 0.0935. The first-order chi connectivity index (χ1) is 9.02. The van der Waals surface area contributed by atoms with Crippen molar-refractivity contribution in [3.63, 3.8) is 0 Å². The first-order valence-electron chi connectivity index (χ1n) is 5.93. The van der Waals surface area contributed by atoms with Crippen LogP contribution in [0, 0.1) is 0 Å². The van der Waals surface area contributed by atoms with Gasteiger partial charge in [-0.25, -0.2) is 4.79 Å². The molecule has 1 unspecified atom stereocenters. The fourth-order valence-corrected chi connectivity index (χ4v) is 1.60. The van der Waals surface area contributed by atoms with E-state index in [1.807, 2.05) is 0 Å². The van der Waals surface area contributed by atoms with Crippen molar-refractivity contribution in [2.24, 2.45) is 0 Å². The van der Waals surface area contributed by atoms with Gasteiger partial charge in [-0.15, -0.1) is 0 Å². The molecular formula is C13H16ClNO4. The summed E-state index contributed by atoms with van der Waals surface area (Å²) in [5, 5.41) is 11.8. The second-order valence-electron chi connectivity index (χ2n) is 3.92. The number of aliphatic carboxylic acids is 1. The van der Waals surface area contributed by atoms with Crippen LogP contribution in [0.5, 0.6) is 5.75 Å². The largest absolute Gasteiger partial charge is 0.493 e. The second kappa shape index (κ2) is 7.63. The first kappa shape index (κ1) is 15.3. The normalized spacial score (nSPS) is 11.7. The van der Waals surface area contributed by atoms with E-state index < -0.39 is 12.0 Å². The van der Waals surface area contributed by atoms with Crippen LogP contribution in [-0.2, 0) is 9.59 Å². The van der Waals surface area contributed by atoms with Gasteiger partial charge in [0.15, 0.2) is 0 Å². The van der Waals surface area contributed by atoms with E-state index in [0.717, 1.165) is 0 Å². The number of carboxylic acids is 1. The van der Waals surface area contributed by atoms with Crippen LogP contribution in [0.4, 0.5) is 0 Å². The molecule has 1 amide bonds. The molecule has 0 aromatic heterocycles. The lowest BCUT2D eigenvalue weighted by Crippen LogP contribution is -2.40. The van der Waals surface area contributed by atoms with E-state index in [2.05, 4.69) is 5.32 Å². The van der Waals surface area contributed by atoms with Crippen molar-refractivity contribution in [2.75, 3.05) is 6.61 Å². The Labute approximate surface area is 116 Å². The monoisotopic (exact) mass is 285 g/mol. The highest BCUT2D eigenvalue weighted by Gasteiger charge is 2.17. The number of hydrogen-bond donors (Lipinski definition) is 2. The van der Waals surface area contributed by atoms with Crippen LogP contribution in [0.25, 0.3) is 0 Å². The molecule has 104 valence electrons. The molecule has 0 saturated carbocycles. The maximum absolute atomic E-state index is 11.5. The van der Waals surface area contributed by atoms with Crippen LogP contribution in [0.15, 0.2) is 24.3 Å². The zero-order valence-corrected chi connectivity index (χ0v) is 11.3. The molecule has 1 rings (SSSR count). The fraction of sp³-hybridized carbons (Fsp3) is 0.385. The molecule has 0 radical (unpaired) electrons. The number of nitrogens with one attached hydrogen (secondary N) is 1. The number of halogens is 1. The lowest BCUT2D eigenvalue weighted by Gasteiger charge is -2.12. The van der Waals surface area contributed by atoms with Crippen molar-refractivity contribution in [1.82, 2.24) is 5.32 Å². The Morgan fingerprint density at radius 3 is 2.79 bits per heavy atom. The highest BCUT2D eigenvalue weighted by atomic mass is 35.5. The Bertz CT molecular complexity index is 450. The number of hydrogen-bond acceptors (Lipinski definition) is 3. The molecule has 2 N–H and O–H groups in total. The van der Waals surface area contributed by atoms with Crippen molar-refractivity contribution in [1.29, 1.82) is 0 Å². The minimum atomic E-state index is -1.04. The molecule has 1 atom stereocenters. The van der Waals surface area contributed by atoms with E-state index >= 15 is 0 Å². The average molecular weight is 286 g/mol. The van der Waals surface area contributed by atoms with Crippen LogP contribution in [0.1, 0.15) is 19.8 Å². The van der Waals surface area contributed by atoms with Gasteiger partial charge in [0, 0.05) is 5.02 Å². The van der Waals surface area contributed by atoms with Crippen molar-refractivity contribution in [3.05, 3.63) is 29.3 Å². The summed E-state index contributed by atoms with van der Waals surface area (Å²) in [5.74, 6) is -0.812. The van der Waals surface area contributed by atoms with E-state index in [0.29, 0.717) is 17.2 Å². The molecule has 0 saturated heterocycles. The van der Waals surface area contributed by atoms with Crippen LogP contribution in [0.2, 0.25) is 5.02 Å². The van der Waals surface area contributed by atoms with E-state index in [1.165, 1.54) is 0 Å². The highest BCUT2D eigenvalue weighted by molar-refractivity contribution is 6.30. The minimum Gasteiger partial charge on any atom is -0.493 e. The number of carboxylic acid groups (broad SMARTS) is 1. The average Bonchev–Trinajstić information content (AvgIpc) is 2.35. The molecule has 0 spiro atoms. The van der Waals surface area contributed by atoms with Gasteiger partial charge in [0.05, 0.1) is 13.0 Å². The summed E-state index contributed by atoms with van der Waals surface area (Å²) in [5.41, 5.74) is 0. The zero-order chi connectivity index (χ0) is 14.3. The summed E-state index contributed by atoms with van der Waals surface area (Å²) in [4.78, 5) is 22.2. The smallest absolute Gasteiger partial charge is 0.326 e. The van der Waals surface area contributed by atoms with Crippen LogP contribution in [-0.4, -0.2) is 29.6 Å². The molecule has 19 heavy (non-hydrogen) atoms. The predicted molar refractivity (Wildman–Crippen MR) is 71.4 cm³/mol. The van der Waals surface area contributed by atoms with Crippen molar-refractivity contribution in [2.45, 2.75) is 25.8 Å². The van der Waals surface area contributed by atoms with Gasteiger partial charge in [-0.1, -0.05) is 24.6 Å². The molecule has 0 fully saturated rings. The topological polar surface area (TPSA) is 75.6 Å². The van der Waals surface area contributed by atoms with Crippen molar-refractivity contribution < 1.29 is 19.4 Å². The third kappa shape index (κ3) is 5.61. The quantitative estimate of drug-likeness (QED) is 0.804. The number of benzene rings is 1. The predicted octanol–water partition coefficient (Wildman–Crippen LogP) is 2.09. The standard InChI is InChI=1S/C13H16ClNO4/c1-2-11(13(17)18)15-12(16)6-7-19-10-5-3-4-9(14)8-10/h3-5,8,11H,2,6-7H2,1H3,(H,15,16)(H,17,18). The van der Waals surface area contributed by atoms with Crippen molar-refractivity contribution in [3.8, 4) is 5.75 Å². The fourth-order valence-electron chi connectivity index (χ4n) is 1.42. The third-order valence-electron chi connectivity index (χ3n) is 2.44. The molecule has 5 nitrogen and oxygen atoms in total. The zero-order valence-electron chi connectivity index (χ0n) is 10.6. The van der Waals surface area contributed by atoms with E-state index in [9.17, 15) is 9.59 Å². The summed E-state index contributed by atoms with van der Waals surface area (Å²) in [7, 11) is 0. The highest BCUT2D eigenvalue weighted by Crippen LogP contribution is 2.17. The molecule has 1 aromatic carbocycles. The van der Waals surface area contributed by atoms with Crippen LogP contribution >= 0.6 is 11.6 Å². The molecule has 6 heteroatoms. The first-order valence-corrected chi connectivity index (χ1v) is 6.31. The molecule has 1 aromatic rings. The number of rotatable bonds is 7. The number of carbonyl (C=O) groups excluding carboxylic acids is 1. The molecule has 0 aliphatic rings. The molecule has 0 aliphatic heterocycles. The Hall–Kier alpha value is -1.75. The molecule has 0 heterocycles. The van der Waals surface area contributed by atoms with Gasteiger partial charge in [-0.05, 0) is 24.6 Å². The summed E-state index contributed by atoms with van der Waals surface area (Å²) >= 11 is 5.78. The summed E-state index contributed by atoms with van der Waals surface area (Å²) in [6.45, 7) is 1.86. The van der Waals surface area contributed by atoms with Crippen LogP contribution in [0.3, 0.4) is 0 Å². The summed E-state index contributed by atoms with van der Waals surface area (Å²) < 4.78 is 5.34. The van der Waals surface area contributed by atoms with Gasteiger partial charge in [0.25, 0.3) is 0 Å². The maximum Gasteiger partial charge on any atom is 0.326 e. The molecule has 0 bridgehead atoms. The summed E-state index contributed by atoms with van der Waals surface area (Å²) in [6, 6.07) is 6.00. The lowest BCUT2D eigenvalue weighted by atomic mass is 10.2. The lowest BCUT2D eigenvalue weighted by molar-refractivity contribution is -0.142. The summed E-state index contributed by atoms with van der Waals surface area (Å²) in [6.07, 6.45) is 0.437. The van der Waals surface area contributed by atoms with Gasteiger partial charge in [0.2, 0.25) is 5.91 Å². The van der Waals surface area contributed by atoms with Gasteiger partial charge in [-0.2, -0.15) is 0 Å². The Balaban J connectivity index is 2.33. The SMILES string of the molecule is CCC(NC(=O)CCOc1cccc(Cl)c1)C(=O)O.